The summed E-state index contributed by atoms with van der Waals surface area (Å²) in [6, 6.07) is 6.89. The van der Waals surface area contributed by atoms with Gasteiger partial charge in [-0.3, -0.25) is 0 Å². The molecule has 3 aromatic heterocycles. The number of carbonyl (C=O) groups is 1. The summed E-state index contributed by atoms with van der Waals surface area (Å²) < 4.78 is 12.1. The van der Waals surface area contributed by atoms with Crippen molar-refractivity contribution >= 4 is 22.7 Å². The lowest BCUT2D eigenvalue weighted by Crippen LogP contribution is -2.10. The van der Waals surface area contributed by atoms with Crippen molar-refractivity contribution < 1.29 is 13.9 Å². The van der Waals surface area contributed by atoms with Crippen molar-refractivity contribution in [3.8, 4) is 0 Å². The summed E-state index contributed by atoms with van der Waals surface area (Å²) in [6.45, 7) is 7.51. The summed E-state index contributed by atoms with van der Waals surface area (Å²) in [6.07, 6.45) is 0. The average molecular weight is 378 g/mol. The molecule has 0 saturated carbocycles. The molecule has 1 aromatic carbocycles. The quantitative estimate of drug-likeness (QED) is 0.399. The van der Waals surface area contributed by atoms with Crippen LogP contribution in [0.25, 0.3) is 16.7 Å². The third kappa shape index (κ3) is 3.13. The van der Waals surface area contributed by atoms with Crippen molar-refractivity contribution in [3.05, 3.63) is 68.6 Å². The molecule has 0 N–H and O–H groups in total. The number of nitrogens with zero attached hydrogens (tertiary/aromatic N) is 4. The third-order valence-corrected chi connectivity index (χ3v) is 4.60. The van der Waals surface area contributed by atoms with Crippen LogP contribution < -0.4 is 5.63 Å². The highest BCUT2D eigenvalue weighted by Crippen LogP contribution is 2.22. The Kier molecular flexibility index (Phi) is 4.18. The van der Waals surface area contributed by atoms with Crippen LogP contribution in [0.15, 0.2) is 33.5 Å². The molecule has 0 unspecified atom stereocenters. The molecule has 8 nitrogen and oxygen atoms in total. The van der Waals surface area contributed by atoms with Crippen LogP contribution in [-0.2, 0) is 11.3 Å². The molecule has 0 fully saturated rings. The van der Waals surface area contributed by atoms with Gasteiger partial charge in [0.2, 0.25) is 0 Å². The Morgan fingerprint density at radius 3 is 2.61 bits per heavy atom. The number of hydrogen-bond donors (Lipinski definition) is 0. The molecule has 8 heteroatoms. The first-order valence-electron chi connectivity index (χ1n) is 8.74. The maximum atomic E-state index is 12.4. The molecule has 0 aliphatic rings. The molecule has 142 valence electrons. The molecule has 0 saturated heterocycles. The zero-order valence-electron chi connectivity index (χ0n) is 15.9. The molecule has 3 heterocycles. The lowest BCUT2D eigenvalue weighted by atomic mass is 10.0. The Labute approximate surface area is 159 Å². The Morgan fingerprint density at radius 2 is 1.82 bits per heavy atom. The Morgan fingerprint density at radius 1 is 1.07 bits per heavy atom. The Bertz CT molecular complexity index is 1300. The van der Waals surface area contributed by atoms with Crippen molar-refractivity contribution in [1.29, 1.82) is 0 Å². The van der Waals surface area contributed by atoms with Crippen LogP contribution in [0.2, 0.25) is 0 Å². The monoisotopic (exact) mass is 378 g/mol. The molecule has 28 heavy (non-hydrogen) atoms. The van der Waals surface area contributed by atoms with Gasteiger partial charge in [0.15, 0.2) is 0 Å². The van der Waals surface area contributed by atoms with Crippen molar-refractivity contribution in [2.75, 3.05) is 0 Å². The number of rotatable bonds is 3. The summed E-state index contributed by atoms with van der Waals surface area (Å²) in [5, 5.41) is 4.89. The molecule has 4 rings (SSSR count). The van der Waals surface area contributed by atoms with Gasteiger partial charge >= 0.3 is 11.6 Å². The lowest BCUT2D eigenvalue weighted by molar-refractivity contribution is 0.0459. The number of fused-ring (bicyclic) bond motifs is 2. The zero-order chi connectivity index (χ0) is 20.0. The van der Waals surface area contributed by atoms with E-state index in [0.717, 1.165) is 27.9 Å². The van der Waals surface area contributed by atoms with Gasteiger partial charge in [-0.15, -0.1) is 5.10 Å². The molecular formula is C20H18N4O4. The summed E-state index contributed by atoms with van der Waals surface area (Å²) in [5.74, 6) is -0.436. The van der Waals surface area contributed by atoms with Gasteiger partial charge in [0.05, 0.1) is 0 Å². The smallest absolute Gasteiger partial charge is 0.378 e. The van der Waals surface area contributed by atoms with Crippen LogP contribution in [0.3, 0.4) is 0 Å². The fourth-order valence-electron chi connectivity index (χ4n) is 3.06. The second-order valence-corrected chi connectivity index (χ2v) is 6.79. The van der Waals surface area contributed by atoms with Crippen molar-refractivity contribution in [2.45, 2.75) is 34.3 Å². The Hall–Kier alpha value is -3.55. The lowest BCUT2D eigenvalue weighted by Gasteiger charge is -2.08. The van der Waals surface area contributed by atoms with Gasteiger partial charge in [-0.05, 0) is 57.0 Å². The number of carbonyl (C=O) groups excluding carboxylic acids is 1. The molecular weight excluding hydrogens is 360 g/mol. The van der Waals surface area contributed by atoms with Gasteiger partial charge in [-0.2, -0.15) is 4.98 Å². The van der Waals surface area contributed by atoms with Crippen LogP contribution in [0.5, 0.6) is 0 Å². The van der Waals surface area contributed by atoms with Crippen molar-refractivity contribution in [2.24, 2.45) is 0 Å². The van der Waals surface area contributed by atoms with Crippen LogP contribution in [0, 0.1) is 27.7 Å². The number of aromatic nitrogens is 4. The minimum absolute atomic E-state index is 0.0829. The predicted octanol–water partition coefficient (Wildman–Crippen LogP) is 2.82. The normalized spacial score (nSPS) is 11.3. The van der Waals surface area contributed by atoms with E-state index >= 15 is 0 Å². The highest BCUT2D eigenvalue weighted by Gasteiger charge is 2.17. The molecule has 0 spiro atoms. The summed E-state index contributed by atoms with van der Waals surface area (Å²) in [5.41, 5.74) is 4.18. The topological polar surface area (TPSA) is 99.6 Å². The zero-order valence-corrected chi connectivity index (χ0v) is 15.9. The maximum Gasteiger partial charge on any atom is 0.378 e. The molecule has 0 aliphatic carbocycles. The van der Waals surface area contributed by atoms with Crippen LogP contribution in [-0.4, -0.2) is 25.6 Å². The molecule has 0 amide bonds. The van der Waals surface area contributed by atoms with E-state index < -0.39 is 11.6 Å². The number of esters is 1. The van der Waals surface area contributed by atoms with E-state index in [1.165, 1.54) is 10.6 Å². The van der Waals surface area contributed by atoms with Gasteiger partial charge < -0.3 is 9.15 Å². The summed E-state index contributed by atoms with van der Waals surface area (Å²) in [7, 11) is 0. The predicted molar refractivity (Wildman–Crippen MR) is 101 cm³/mol. The van der Waals surface area contributed by atoms with Crippen molar-refractivity contribution in [1.82, 2.24) is 19.6 Å². The first-order valence-corrected chi connectivity index (χ1v) is 8.74. The third-order valence-electron chi connectivity index (χ3n) is 4.60. The van der Waals surface area contributed by atoms with E-state index in [1.54, 1.807) is 6.07 Å². The number of ether oxygens (including phenoxy) is 1. The highest BCUT2D eigenvalue weighted by molar-refractivity contribution is 5.86. The number of hydrogen-bond acceptors (Lipinski definition) is 7. The first kappa shape index (κ1) is 17.8. The summed E-state index contributed by atoms with van der Waals surface area (Å²) >= 11 is 0. The molecule has 0 bridgehead atoms. The second kappa shape index (κ2) is 6.56. The summed E-state index contributed by atoms with van der Waals surface area (Å²) in [4.78, 5) is 32.7. The van der Waals surface area contributed by atoms with E-state index in [1.807, 2.05) is 39.8 Å². The van der Waals surface area contributed by atoms with Crippen LogP contribution >= 0.6 is 0 Å². The largest absolute Gasteiger partial charge is 0.455 e. The fraction of sp³-hybridized carbons (Fsp3) is 0.250. The van der Waals surface area contributed by atoms with E-state index in [0.29, 0.717) is 16.9 Å². The second-order valence-electron chi connectivity index (χ2n) is 6.79. The van der Waals surface area contributed by atoms with E-state index in [2.05, 4.69) is 15.1 Å². The fourth-order valence-corrected chi connectivity index (χ4v) is 3.06. The van der Waals surface area contributed by atoms with Gasteiger partial charge in [-0.1, -0.05) is 0 Å². The molecule has 0 radical (unpaired) electrons. The van der Waals surface area contributed by atoms with E-state index in [-0.39, 0.29) is 12.4 Å². The highest BCUT2D eigenvalue weighted by atomic mass is 16.5. The van der Waals surface area contributed by atoms with E-state index in [4.69, 9.17) is 9.15 Å². The van der Waals surface area contributed by atoms with Gasteiger partial charge in [0.25, 0.3) is 11.6 Å². The molecule has 4 aromatic rings. The minimum atomic E-state index is -0.687. The van der Waals surface area contributed by atoms with Crippen molar-refractivity contribution in [3.63, 3.8) is 0 Å². The Balaban J connectivity index is 1.64. The number of aryl methyl sites for hydroxylation is 4. The van der Waals surface area contributed by atoms with Gasteiger partial charge in [0, 0.05) is 28.4 Å². The molecule has 0 aliphatic heterocycles. The number of benzene rings is 1. The van der Waals surface area contributed by atoms with E-state index in [9.17, 15) is 9.59 Å². The van der Waals surface area contributed by atoms with Gasteiger partial charge in [0.1, 0.15) is 12.2 Å². The SMILES string of the molecule is Cc1cc(C)n2nc(C(=O)OCc3cc(=O)oc4cc(C)c(C)cc34)nc2n1. The first-order chi connectivity index (χ1) is 13.3. The van der Waals surface area contributed by atoms with Crippen LogP contribution in [0.1, 0.15) is 38.7 Å². The van der Waals surface area contributed by atoms with Gasteiger partial charge in [-0.25, -0.2) is 19.1 Å². The van der Waals surface area contributed by atoms with Crippen LogP contribution in [0.4, 0.5) is 0 Å². The average Bonchev–Trinajstić information content (AvgIpc) is 3.05. The maximum absolute atomic E-state index is 12.4. The standard InChI is InChI=1S/C20H18N4O4/c1-10-5-15-14(8-17(25)28-16(15)6-11(10)2)9-27-19(26)18-22-20-21-12(3)7-13(4)24(20)23-18/h5-8H,9H2,1-4H3. The molecule has 0 atom stereocenters. The minimum Gasteiger partial charge on any atom is -0.455 e.